The van der Waals surface area contributed by atoms with Crippen LogP contribution in [0.25, 0.3) is 0 Å². The van der Waals surface area contributed by atoms with Crippen LogP contribution in [0.1, 0.15) is 12.1 Å². The molecule has 1 aliphatic heterocycles. The molecule has 21 heavy (non-hydrogen) atoms. The fourth-order valence-electron chi connectivity index (χ4n) is 2.38. The zero-order valence-electron chi connectivity index (χ0n) is 12.0. The number of anilines is 2. The Bertz CT molecular complexity index is 675. The van der Waals surface area contributed by atoms with Crippen LogP contribution in [0, 0.1) is 17.0 Å². The fourth-order valence-corrected chi connectivity index (χ4v) is 4.15. The molecule has 1 aromatic heterocycles. The molecule has 0 spiro atoms. The average molecular weight is 315 g/mol. The molecule has 116 valence electrons. The first kappa shape index (κ1) is 15.4. The van der Waals surface area contributed by atoms with Gasteiger partial charge >= 0.3 is 5.69 Å². The number of hydrogen-bond donors (Lipinski definition) is 1. The minimum absolute atomic E-state index is 0.0153. The zero-order chi connectivity index (χ0) is 15.8. The molecule has 1 saturated heterocycles. The van der Waals surface area contributed by atoms with Gasteiger partial charge in [0.05, 0.1) is 16.4 Å². The maximum atomic E-state index is 11.6. The molecule has 2 rings (SSSR count). The largest absolute Gasteiger partial charge is 0.357 e. The number of aryl methyl sites for hydroxylation is 1. The predicted molar refractivity (Wildman–Crippen MR) is 78.4 cm³/mol. The highest BCUT2D eigenvalue weighted by Gasteiger charge is 2.35. The SMILES string of the molecule is CNc1nc(C)c([N+](=O)[O-])c(N(C)C2CCS(=O)(=O)C2)n1. The Morgan fingerprint density at radius 1 is 1.43 bits per heavy atom. The molecule has 2 heterocycles. The molecule has 1 N–H and O–H groups in total. The standard InChI is InChI=1S/C11H17N5O4S/c1-7-9(16(17)18)10(14-11(12-2)13-7)15(3)8-4-5-21(19,20)6-8/h8H,4-6H2,1-3H3,(H,12,13,14). The molecule has 1 aliphatic rings. The molecule has 9 nitrogen and oxygen atoms in total. The van der Waals surface area contributed by atoms with Crippen LogP contribution in [0.4, 0.5) is 17.5 Å². The number of hydrogen-bond acceptors (Lipinski definition) is 8. The Morgan fingerprint density at radius 3 is 2.57 bits per heavy atom. The average Bonchev–Trinajstić information content (AvgIpc) is 2.76. The minimum Gasteiger partial charge on any atom is -0.357 e. The molecule has 1 atom stereocenters. The second-order valence-electron chi connectivity index (χ2n) is 4.98. The summed E-state index contributed by atoms with van der Waals surface area (Å²) in [5, 5.41) is 14.0. The first-order valence-electron chi connectivity index (χ1n) is 6.39. The van der Waals surface area contributed by atoms with E-state index in [0.29, 0.717) is 6.42 Å². The summed E-state index contributed by atoms with van der Waals surface area (Å²) in [6.45, 7) is 1.53. The van der Waals surface area contributed by atoms with Gasteiger partial charge < -0.3 is 10.2 Å². The van der Waals surface area contributed by atoms with E-state index in [1.165, 1.54) is 6.92 Å². The summed E-state index contributed by atoms with van der Waals surface area (Å²) in [6.07, 6.45) is 0.438. The molecule has 1 fully saturated rings. The van der Waals surface area contributed by atoms with Crippen molar-refractivity contribution in [3.05, 3.63) is 15.8 Å². The van der Waals surface area contributed by atoms with Crippen LogP contribution < -0.4 is 10.2 Å². The predicted octanol–water partition coefficient (Wildman–Crippen LogP) is 0.358. The minimum atomic E-state index is -3.08. The number of sulfone groups is 1. The van der Waals surface area contributed by atoms with Crippen molar-refractivity contribution in [1.29, 1.82) is 0 Å². The van der Waals surface area contributed by atoms with Crippen molar-refractivity contribution in [2.75, 3.05) is 35.8 Å². The van der Waals surface area contributed by atoms with E-state index >= 15 is 0 Å². The third-order valence-corrected chi connectivity index (χ3v) is 5.29. The van der Waals surface area contributed by atoms with Gasteiger partial charge in [-0.1, -0.05) is 0 Å². The highest BCUT2D eigenvalue weighted by Crippen LogP contribution is 2.32. The number of nitro groups is 1. The van der Waals surface area contributed by atoms with Crippen LogP contribution in [-0.2, 0) is 9.84 Å². The van der Waals surface area contributed by atoms with E-state index < -0.39 is 14.8 Å². The molecular formula is C11H17N5O4S. The van der Waals surface area contributed by atoms with Crippen LogP contribution in [0.2, 0.25) is 0 Å². The zero-order valence-corrected chi connectivity index (χ0v) is 12.8. The normalized spacial score (nSPS) is 20.2. The van der Waals surface area contributed by atoms with E-state index in [0.717, 1.165) is 0 Å². The third kappa shape index (κ3) is 3.04. The summed E-state index contributed by atoms with van der Waals surface area (Å²) in [5.74, 6) is 0.483. The molecule has 0 radical (unpaired) electrons. The topological polar surface area (TPSA) is 118 Å². The maximum Gasteiger partial charge on any atom is 0.332 e. The molecule has 10 heteroatoms. The lowest BCUT2D eigenvalue weighted by Gasteiger charge is -2.24. The van der Waals surface area contributed by atoms with Crippen LogP contribution in [0.15, 0.2) is 0 Å². The van der Waals surface area contributed by atoms with Crippen LogP contribution >= 0.6 is 0 Å². The number of nitrogens with zero attached hydrogens (tertiary/aromatic N) is 4. The molecule has 0 bridgehead atoms. The smallest absolute Gasteiger partial charge is 0.332 e. The van der Waals surface area contributed by atoms with Crippen molar-refractivity contribution in [3.8, 4) is 0 Å². The van der Waals surface area contributed by atoms with Crippen molar-refractivity contribution in [2.24, 2.45) is 0 Å². The summed E-state index contributed by atoms with van der Waals surface area (Å²) in [6, 6.07) is -0.312. The van der Waals surface area contributed by atoms with Crippen molar-refractivity contribution >= 4 is 27.3 Å². The van der Waals surface area contributed by atoms with Crippen molar-refractivity contribution in [3.63, 3.8) is 0 Å². The lowest BCUT2D eigenvalue weighted by molar-refractivity contribution is -0.385. The van der Waals surface area contributed by atoms with Crippen LogP contribution in [0.3, 0.4) is 0 Å². The first-order valence-corrected chi connectivity index (χ1v) is 8.21. The van der Waals surface area contributed by atoms with Gasteiger partial charge in [-0.15, -0.1) is 0 Å². The van der Waals surface area contributed by atoms with E-state index in [9.17, 15) is 18.5 Å². The van der Waals surface area contributed by atoms with Gasteiger partial charge in [-0.3, -0.25) is 10.1 Å². The Kier molecular flexibility index (Phi) is 3.99. The van der Waals surface area contributed by atoms with Gasteiger partial charge in [0.2, 0.25) is 11.8 Å². The van der Waals surface area contributed by atoms with E-state index in [2.05, 4.69) is 15.3 Å². The molecule has 1 unspecified atom stereocenters. The van der Waals surface area contributed by atoms with Gasteiger partial charge in [-0.2, -0.15) is 4.98 Å². The highest BCUT2D eigenvalue weighted by atomic mass is 32.2. The summed E-state index contributed by atoms with van der Waals surface area (Å²) < 4.78 is 23.2. The van der Waals surface area contributed by atoms with Gasteiger partial charge in [0.25, 0.3) is 0 Å². The van der Waals surface area contributed by atoms with Gasteiger partial charge in [0, 0.05) is 20.1 Å². The van der Waals surface area contributed by atoms with Gasteiger partial charge in [0.1, 0.15) is 5.69 Å². The maximum absolute atomic E-state index is 11.6. The Balaban J connectivity index is 2.46. The quantitative estimate of drug-likeness (QED) is 0.625. The Labute approximate surface area is 122 Å². The van der Waals surface area contributed by atoms with Crippen LogP contribution in [0.5, 0.6) is 0 Å². The van der Waals surface area contributed by atoms with Crippen molar-refractivity contribution in [2.45, 2.75) is 19.4 Å². The van der Waals surface area contributed by atoms with E-state index in [1.807, 2.05) is 0 Å². The fraction of sp³-hybridized carbons (Fsp3) is 0.636. The third-order valence-electron chi connectivity index (χ3n) is 3.54. The van der Waals surface area contributed by atoms with Gasteiger partial charge in [-0.25, -0.2) is 13.4 Å². The molecule has 1 aromatic rings. The lowest BCUT2D eigenvalue weighted by atomic mass is 10.2. The second kappa shape index (κ2) is 5.43. The number of nitrogens with one attached hydrogen (secondary N) is 1. The Morgan fingerprint density at radius 2 is 2.10 bits per heavy atom. The van der Waals surface area contributed by atoms with E-state index in [-0.39, 0.29) is 40.7 Å². The van der Waals surface area contributed by atoms with Crippen LogP contribution in [-0.4, -0.2) is 55.0 Å². The molecular weight excluding hydrogens is 298 g/mol. The highest BCUT2D eigenvalue weighted by molar-refractivity contribution is 7.91. The monoisotopic (exact) mass is 315 g/mol. The first-order chi connectivity index (χ1) is 9.75. The summed E-state index contributed by atoms with van der Waals surface area (Å²) >= 11 is 0. The summed E-state index contributed by atoms with van der Waals surface area (Å²) in [4.78, 5) is 20.4. The van der Waals surface area contributed by atoms with Crippen molar-refractivity contribution in [1.82, 2.24) is 9.97 Å². The Hall–Kier alpha value is -1.97. The van der Waals surface area contributed by atoms with E-state index in [4.69, 9.17) is 0 Å². The second-order valence-corrected chi connectivity index (χ2v) is 7.21. The summed E-state index contributed by atoms with van der Waals surface area (Å²) in [7, 11) is 0.162. The van der Waals surface area contributed by atoms with Gasteiger partial charge in [0.15, 0.2) is 9.84 Å². The molecule has 0 aromatic carbocycles. The number of aromatic nitrogens is 2. The van der Waals surface area contributed by atoms with E-state index in [1.54, 1.807) is 19.0 Å². The van der Waals surface area contributed by atoms with Gasteiger partial charge in [-0.05, 0) is 13.3 Å². The molecule has 0 aliphatic carbocycles. The molecule has 0 saturated carbocycles. The number of rotatable bonds is 4. The van der Waals surface area contributed by atoms with Crippen molar-refractivity contribution < 1.29 is 13.3 Å². The lowest BCUT2D eigenvalue weighted by Crippen LogP contribution is -2.34. The molecule has 0 amide bonds. The summed E-state index contributed by atoms with van der Waals surface area (Å²) in [5.41, 5.74) is 0.0443.